The highest BCUT2D eigenvalue weighted by Crippen LogP contribution is 2.36. The number of fused-ring (bicyclic) bond motifs is 1. The largest absolute Gasteiger partial charge is 0.324 e. The maximum absolute atomic E-state index is 6.68. The predicted octanol–water partition coefficient (Wildman–Crippen LogP) is 3.13. The minimum atomic E-state index is -0.262. The van der Waals surface area contributed by atoms with Crippen LogP contribution in [0.25, 0.3) is 11.0 Å². The van der Waals surface area contributed by atoms with E-state index in [4.69, 9.17) is 10.7 Å². The minimum Gasteiger partial charge on any atom is -0.324 e. The number of hydrogen-bond donors (Lipinski definition) is 1. The molecule has 4 heteroatoms. The highest BCUT2D eigenvalue weighted by atomic mass is 15.1. The van der Waals surface area contributed by atoms with E-state index in [0.29, 0.717) is 6.04 Å². The van der Waals surface area contributed by atoms with Crippen molar-refractivity contribution >= 4 is 11.0 Å². The van der Waals surface area contributed by atoms with Gasteiger partial charge in [0.2, 0.25) is 0 Å². The average Bonchev–Trinajstić information content (AvgIpc) is 2.79. The molecule has 4 nitrogen and oxygen atoms in total. The minimum absolute atomic E-state index is 0.262. The summed E-state index contributed by atoms with van der Waals surface area (Å²) >= 11 is 0. The van der Waals surface area contributed by atoms with Crippen LogP contribution in [0.5, 0.6) is 0 Å². The molecule has 2 aromatic heterocycles. The van der Waals surface area contributed by atoms with Crippen LogP contribution in [0.1, 0.15) is 57.8 Å². The summed E-state index contributed by atoms with van der Waals surface area (Å²) in [7, 11) is 0. The van der Waals surface area contributed by atoms with Gasteiger partial charge in [0.15, 0.2) is 0 Å². The molecule has 0 bridgehead atoms. The van der Waals surface area contributed by atoms with Gasteiger partial charge in [0.05, 0.1) is 17.3 Å². The SMILES string of the molecule is CC(C)n1c(C2(N)CCCCC2)nc2cnccc21. The molecule has 0 radical (unpaired) electrons. The Kier molecular flexibility index (Phi) is 3.05. The lowest BCUT2D eigenvalue weighted by molar-refractivity contribution is 0.275. The zero-order valence-corrected chi connectivity index (χ0v) is 11.8. The van der Waals surface area contributed by atoms with Crippen molar-refractivity contribution in [3.63, 3.8) is 0 Å². The van der Waals surface area contributed by atoms with Crippen LogP contribution in [0, 0.1) is 0 Å². The van der Waals surface area contributed by atoms with Gasteiger partial charge in [-0.2, -0.15) is 0 Å². The van der Waals surface area contributed by atoms with E-state index in [1.807, 2.05) is 18.5 Å². The number of aromatic nitrogens is 3. The molecule has 0 aliphatic heterocycles. The van der Waals surface area contributed by atoms with Crippen molar-refractivity contribution in [2.45, 2.75) is 57.5 Å². The third kappa shape index (κ3) is 2.04. The fraction of sp³-hybridized carbons (Fsp3) is 0.600. The Morgan fingerprint density at radius 2 is 2.00 bits per heavy atom. The first-order chi connectivity index (χ1) is 9.12. The molecule has 0 saturated heterocycles. The second-order valence-corrected chi connectivity index (χ2v) is 5.98. The van der Waals surface area contributed by atoms with Crippen molar-refractivity contribution in [1.29, 1.82) is 0 Å². The van der Waals surface area contributed by atoms with Gasteiger partial charge in [0.1, 0.15) is 11.3 Å². The number of nitrogens with two attached hydrogens (primary N) is 1. The van der Waals surface area contributed by atoms with Gasteiger partial charge in [-0.3, -0.25) is 4.98 Å². The van der Waals surface area contributed by atoms with Crippen LogP contribution in [0.4, 0.5) is 0 Å². The van der Waals surface area contributed by atoms with Crippen LogP contribution in [0.2, 0.25) is 0 Å². The molecule has 1 aliphatic carbocycles. The first kappa shape index (κ1) is 12.6. The highest BCUT2D eigenvalue weighted by Gasteiger charge is 2.35. The Bertz CT molecular complexity index is 579. The normalized spacial score (nSPS) is 19.2. The molecule has 0 aromatic carbocycles. The second kappa shape index (κ2) is 4.60. The van der Waals surface area contributed by atoms with Crippen molar-refractivity contribution in [3.8, 4) is 0 Å². The summed E-state index contributed by atoms with van der Waals surface area (Å²) < 4.78 is 2.29. The first-order valence-corrected chi connectivity index (χ1v) is 7.23. The van der Waals surface area contributed by atoms with Gasteiger partial charge in [0, 0.05) is 12.2 Å². The molecule has 1 aliphatic rings. The summed E-state index contributed by atoms with van der Waals surface area (Å²) in [5.41, 5.74) is 8.53. The van der Waals surface area contributed by atoms with Crippen LogP contribution in [0.3, 0.4) is 0 Å². The quantitative estimate of drug-likeness (QED) is 0.900. The van der Waals surface area contributed by atoms with E-state index in [1.54, 1.807) is 0 Å². The molecule has 1 fully saturated rings. The second-order valence-electron chi connectivity index (χ2n) is 5.98. The first-order valence-electron chi connectivity index (χ1n) is 7.23. The molecular formula is C15H22N4. The average molecular weight is 258 g/mol. The zero-order chi connectivity index (χ0) is 13.5. The number of rotatable bonds is 2. The molecule has 0 atom stereocenters. The van der Waals surface area contributed by atoms with Crippen molar-refractivity contribution in [1.82, 2.24) is 14.5 Å². The molecule has 19 heavy (non-hydrogen) atoms. The van der Waals surface area contributed by atoms with E-state index >= 15 is 0 Å². The van der Waals surface area contributed by atoms with E-state index in [-0.39, 0.29) is 5.54 Å². The maximum atomic E-state index is 6.68. The van der Waals surface area contributed by atoms with Crippen molar-refractivity contribution in [2.75, 3.05) is 0 Å². The lowest BCUT2D eigenvalue weighted by atomic mass is 9.82. The van der Waals surface area contributed by atoms with Gasteiger partial charge < -0.3 is 10.3 Å². The van der Waals surface area contributed by atoms with Crippen LogP contribution >= 0.6 is 0 Å². The Labute approximate surface area is 114 Å². The number of nitrogens with zero attached hydrogens (tertiary/aromatic N) is 3. The van der Waals surface area contributed by atoms with E-state index in [1.165, 1.54) is 19.3 Å². The van der Waals surface area contributed by atoms with Gasteiger partial charge >= 0.3 is 0 Å². The molecule has 0 spiro atoms. The van der Waals surface area contributed by atoms with Crippen LogP contribution < -0.4 is 5.73 Å². The van der Waals surface area contributed by atoms with Crippen LogP contribution in [-0.2, 0) is 5.54 Å². The molecule has 1 saturated carbocycles. The van der Waals surface area contributed by atoms with Crippen LogP contribution in [-0.4, -0.2) is 14.5 Å². The Morgan fingerprint density at radius 1 is 1.26 bits per heavy atom. The van der Waals surface area contributed by atoms with Crippen LogP contribution in [0.15, 0.2) is 18.5 Å². The molecule has 102 valence electrons. The third-order valence-electron chi connectivity index (χ3n) is 4.20. The smallest absolute Gasteiger partial charge is 0.130 e. The highest BCUT2D eigenvalue weighted by molar-refractivity contribution is 5.75. The van der Waals surface area contributed by atoms with E-state index in [9.17, 15) is 0 Å². The molecular weight excluding hydrogens is 236 g/mol. The predicted molar refractivity (Wildman–Crippen MR) is 76.9 cm³/mol. The third-order valence-corrected chi connectivity index (χ3v) is 4.20. The number of hydrogen-bond acceptors (Lipinski definition) is 3. The van der Waals surface area contributed by atoms with E-state index < -0.39 is 0 Å². The Hall–Kier alpha value is -1.42. The van der Waals surface area contributed by atoms with Crippen molar-refractivity contribution in [3.05, 3.63) is 24.3 Å². The fourth-order valence-corrected chi connectivity index (χ4v) is 3.23. The fourth-order valence-electron chi connectivity index (χ4n) is 3.23. The van der Waals surface area contributed by atoms with E-state index in [0.717, 1.165) is 29.7 Å². The Balaban J connectivity index is 2.19. The summed E-state index contributed by atoms with van der Waals surface area (Å²) in [6.07, 6.45) is 9.45. The van der Waals surface area contributed by atoms with Gasteiger partial charge in [-0.1, -0.05) is 19.3 Å². The lowest BCUT2D eigenvalue weighted by Crippen LogP contribution is -2.41. The standard InChI is InChI=1S/C15H22N4/c1-11(2)19-13-6-9-17-10-12(13)18-14(19)15(16)7-4-3-5-8-15/h6,9-11H,3-5,7-8,16H2,1-2H3. The zero-order valence-electron chi connectivity index (χ0n) is 11.8. The summed E-state index contributed by atoms with van der Waals surface area (Å²) in [4.78, 5) is 8.98. The molecule has 2 aromatic rings. The van der Waals surface area contributed by atoms with Gasteiger partial charge in [-0.05, 0) is 32.8 Å². The summed E-state index contributed by atoms with van der Waals surface area (Å²) in [6.45, 7) is 4.38. The Morgan fingerprint density at radius 3 is 2.68 bits per heavy atom. The maximum Gasteiger partial charge on any atom is 0.130 e. The lowest BCUT2D eigenvalue weighted by Gasteiger charge is -2.34. The summed E-state index contributed by atoms with van der Waals surface area (Å²) in [6, 6.07) is 2.41. The summed E-state index contributed by atoms with van der Waals surface area (Å²) in [5.74, 6) is 1.05. The molecule has 3 rings (SSSR count). The molecule has 0 amide bonds. The van der Waals surface area contributed by atoms with Gasteiger partial charge in [0.25, 0.3) is 0 Å². The van der Waals surface area contributed by atoms with E-state index in [2.05, 4.69) is 23.4 Å². The molecule has 2 N–H and O–H groups in total. The molecule has 0 unspecified atom stereocenters. The monoisotopic (exact) mass is 258 g/mol. The van der Waals surface area contributed by atoms with Gasteiger partial charge in [-0.25, -0.2) is 4.98 Å². The number of pyridine rings is 1. The number of imidazole rings is 1. The van der Waals surface area contributed by atoms with Crippen molar-refractivity contribution in [2.24, 2.45) is 5.73 Å². The topological polar surface area (TPSA) is 56.7 Å². The molecule has 2 heterocycles. The van der Waals surface area contributed by atoms with Gasteiger partial charge in [-0.15, -0.1) is 0 Å². The summed E-state index contributed by atoms with van der Waals surface area (Å²) in [5, 5.41) is 0. The van der Waals surface area contributed by atoms with Crippen molar-refractivity contribution < 1.29 is 0 Å².